The maximum atomic E-state index is 5.79. The van der Waals surface area contributed by atoms with Crippen molar-refractivity contribution >= 4 is 0 Å². The first-order valence-electron chi connectivity index (χ1n) is 7.49. The fourth-order valence-electron chi connectivity index (χ4n) is 1.74. The maximum Gasteiger partial charge on any atom is 0.160 e. The van der Waals surface area contributed by atoms with Crippen molar-refractivity contribution in [2.45, 2.75) is 52.5 Å². The molecule has 112 valence electrons. The van der Waals surface area contributed by atoms with E-state index < -0.39 is 0 Å². The van der Waals surface area contributed by atoms with Gasteiger partial charge in [-0.2, -0.15) is 0 Å². The van der Waals surface area contributed by atoms with Crippen LogP contribution in [0.4, 0.5) is 0 Å². The molecule has 4 nitrogen and oxygen atoms in total. The number of hydrogen-bond donors (Lipinski definition) is 1. The Kier molecular flexibility index (Phi) is 7.88. The lowest BCUT2D eigenvalue weighted by atomic mass is 10.2. The average molecular weight is 277 g/mol. The van der Waals surface area contributed by atoms with Crippen molar-refractivity contribution in [3.05, 3.63) is 30.4 Å². The van der Waals surface area contributed by atoms with E-state index in [1.54, 1.807) is 6.20 Å². The monoisotopic (exact) mass is 277 g/mol. The molecule has 0 amide bonds. The van der Waals surface area contributed by atoms with Gasteiger partial charge in [0.1, 0.15) is 5.82 Å². The van der Waals surface area contributed by atoms with Crippen LogP contribution in [0.25, 0.3) is 0 Å². The highest BCUT2D eigenvalue weighted by Gasteiger charge is 2.10. The zero-order valence-corrected chi connectivity index (χ0v) is 13.0. The molecule has 1 heterocycles. The van der Waals surface area contributed by atoms with Gasteiger partial charge in [0.2, 0.25) is 0 Å². The highest BCUT2D eigenvalue weighted by Crippen LogP contribution is 2.18. The van der Waals surface area contributed by atoms with E-state index in [2.05, 4.69) is 42.6 Å². The molecule has 0 aliphatic carbocycles. The quantitative estimate of drug-likeness (QED) is 0.525. The summed E-state index contributed by atoms with van der Waals surface area (Å²) in [6.45, 7) is 12.5. The molecular formula is C16H27N3O. The van der Waals surface area contributed by atoms with Gasteiger partial charge in [-0.3, -0.25) is 0 Å². The Morgan fingerprint density at radius 1 is 1.45 bits per heavy atom. The van der Waals surface area contributed by atoms with Crippen molar-refractivity contribution in [2.75, 3.05) is 13.2 Å². The van der Waals surface area contributed by atoms with Crippen LogP contribution < -0.4 is 10.1 Å². The first kappa shape index (κ1) is 16.6. The largest absolute Gasteiger partial charge is 0.490 e. The molecule has 20 heavy (non-hydrogen) atoms. The molecule has 1 aromatic rings. The van der Waals surface area contributed by atoms with Crippen LogP contribution in [0.5, 0.6) is 5.75 Å². The first-order chi connectivity index (χ1) is 9.69. The number of hydrogen-bond acceptors (Lipinski definition) is 4. The third kappa shape index (κ3) is 5.70. The van der Waals surface area contributed by atoms with E-state index in [0.717, 1.165) is 49.6 Å². The van der Waals surface area contributed by atoms with Crippen molar-refractivity contribution in [3.8, 4) is 5.75 Å². The van der Waals surface area contributed by atoms with Gasteiger partial charge in [-0.15, -0.1) is 6.58 Å². The van der Waals surface area contributed by atoms with Crippen molar-refractivity contribution in [2.24, 2.45) is 0 Å². The molecule has 0 aliphatic heterocycles. The smallest absolute Gasteiger partial charge is 0.160 e. The molecule has 0 saturated carbocycles. The minimum Gasteiger partial charge on any atom is -0.490 e. The number of ether oxygens (including phenoxy) is 1. The van der Waals surface area contributed by atoms with Gasteiger partial charge in [0.15, 0.2) is 5.75 Å². The Bertz CT molecular complexity index is 405. The Balaban J connectivity index is 2.71. The van der Waals surface area contributed by atoms with E-state index in [1.807, 2.05) is 6.08 Å². The van der Waals surface area contributed by atoms with E-state index in [4.69, 9.17) is 4.74 Å². The summed E-state index contributed by atoms with van der Waals surface area (Å²) >= 11 is 0. The normalized spacial score (nSPS) is 10.8. The van der Waals surface area contributed by atoms with Crippen LogP contribution in [0.3, 0.4) is 0 Å². The lowest BCUT2D eigenvalue weighted by molar-refractivity contribution is 0.304. The van der Waals surface area contributed by atoms with E-state index in [9.17, 15) is 0 Å². The van der Waals surface area contributed by atoms with E-state index in [1.165, 1.54) is 0 Å². The first-order valence-corrected chi connectivity index (χ1v) is 7.49. The lowest BCUT2D eigenvalue weighted by Crippen LogP contribution is -2.17. The average Bonchev–Trinajstić information content (AvgIpc) is 2.44. The van der Waals surface area contributed by atoms with Crippen LogP contribution in [0.15, 0.2) is 18.9 Å². The third-order valence-electron chi connectivity index (χ3n) is 2.89. The van der Waals surface area contributed by atoms with Crippen LogP contribution in [0.1, 0.15) is 57.5 Å². The Morgan fingerprint density at radius 2 is 2.25 bits per heavy atom. The zero-order chi connectivity index (χ0) is 14.8. The predicted octanol–water partition coefficient (Wildman–Crippen LogP) is 3.44. The molecule has 4 heteroatoms. The second-order valence-electron chi connectivity index (χ2n) is 5.15. The fourth-order valence-corrected chi connectivity index (χ4v) is 1.74. The van der Waals surface area contributed by atoms with E-state index >= 15 is 0 Å². The molecule has 0 radical (unpaired) electrons. The number of rotatable bonds is 10. The summed E-state index contributed by atoms with van der Waals surface area (Å²) in [5.74, 6) is 1.99. The second kappa shape index (κ2) is 9.48. The lowest BCUT2D eigenvalue weighted by Gasteiger charge is -2.13. The number of nitrogens with zero attached hydrogens (tertiary/aromatic N) is 2. The van der Waals surface area contributed by atoms with Gasteiger partial charge in [-0.1, -0.05) is 26.8 Å². The van der Waals surface area contributed by atoms with Crippen LogP contribution in [-0.4, -0.2) is 23.1 Å². The van der Waals surface area contributed by atoms with E-state index in [-0.39, 0.29) is 0 Å². The topological polar surface area (TPSA) is 47.0 Å². The second-order valence-corrected chi connectivity index (χ2v) is 5.15. The van der Waals surface area contributed by atoms with Gasteiger partial charge >= 0.3 is 0 Å². The summed E-state index contributed by atoms with van der Waals surface area (Å²) in [5.41, 5.74) is 0.954. The van der Waals surface area contributed by atoms with Gasteiger partial charge in [-0.05, 0) is 25.8 Å². The van der Waals surface area contributed by atoms with Crippen molar-refractivity contribution < 1.29 is 4.74 Å². The molecule has 0 bridgehead atoms. The van der Waals surface area contributed by atoms with Crippen LogP contribution >= 0.6 is 0 Å². The van der Waals surface area contributed by atoms with Gasteiger partial charge in [-0.25, -0.2) is 9.97 Å². The zero-order valence-electron chi connectivity index (χ0n) is 13.0. The van der Waals surface area contributed by atoms with Crippen LogP contribution in [0, 0.1) is 0 Å². The summed E-state index contributed by atoms with van der Waals surface area (Å²) in [6.07, 6.45) is 6.76. The Hall–Kier alpha value is -1.42. The molecule has 1 rings (SSSR count). The standard InChI is InChI=1S/C16H27N3O/c1-5-7-8-10-20-15-12-18-16(13(3)4)19-14(15)11-17-9-6-2/h5,12-13,17H,1,6-11H2,2-4H3. The SMILES string of the molecule is C=CCCCOc1cnc(C(C)C)nc1CNCCC. The fraction of sp³-hybridized carbons (Fsp3) is 0.625. The predicted molar refractivity (Wildman–Crippen MR) is 83.0 cm³/mol. The minimum atomic E-state index is 0.328. The molecule has 0 unspecified atom stereocenters. The minimum absolute atomic E-state index is 0.328. The Morgan fingerprint density at radius 3 is 2.90 bits per heavy atom. The maximum absolute atomic E-state index is 5.79. The summed E-state index contributed by atoms with van der Waals surface area (Å²) in [7, 11) is 0. The van der Waals surface area contributed by atoms with Gasteiger partial charge in [0.25, 0.3) is 0 Å². The molecular weight excluding hydrogens is 250 g/mol. The number of aromatic nitrogens is 2. The highest BCUT2D eigenvalue weighted by atomic mass is 16.5. The molecule has 0 fully saturated rings. The van der Waals surface area contributed by atoms with E-state index in [0.29, 0.717) is 12.5 Å². The van der Waals surface area contributed by atoms with Crippen LogP contribution in [-0.2, 0) is 6.54 Å². The van der Waals surface area contributed by atoms with Crippen molar-refractivity contribution in [1.82, 2.24) is 15.3 Å². The molecule has 0 aromatic carbocycles. The molecule has 0 spiro atoms. The van der Waals surface area contributed by atoms with Crippen LogP contribution in [0.2, 0.25) is 0 Å². The van der Waals surface area contributed by atoms with Crippen molar-refractivity contribution in [3.63, 3.8) is 0 Å². The summed E-state index contributed by atoms with van der Waals surface area (Å²) in [4.78, 5) is 9.01. The summed E-state index contributed by atoms with van der Waals surface area (Å²) in [5, 5.41) is 3.37. The molecule has 1 aromatic heterocycles. The number of unbranched alkanes of at least 4 members (excludes halogenated alkanes) is 1. The molecule has 0 aliphatic rings. The number of allylic oxidation sites excluding steroid dienone is 1. The van der Waals surface area contributed by atoms with Crippen molar-refractivity contribution in [1.29, 1.82) is 0 Å². The number of nitrogens with one attached hydrogen (secondary N) is 1. The van der Waals surface area contributed by atoms with Gasteiger partial charge < -0.3 is 10.1 Å². The summed E-state index contributed by atoms with van der Waals surface area (Å²) < 4.78 is 5.79. The molecule has 0 atom stereocenters. The summed E-state index contributed by atoms with van der Waals surface area (Å²) in [6, 6.07) is 0. The Labute approximate surface area is 122 Å². The third-order valence-corrected chi connectivity index (χ3v) is 2.89. The highest BCUT2D eigenvalue weighted by molar-refractivity contribution is 5.25. The molecule has 0 saturated heterocycles. The molecule has 1 N–H and O–H groups in total. The van der Waals surface area contributed by atoms with Gasteiger partial charge in [0, 0.05) is 12.5 Å². The van der Waals surface area contributed by atoms with Gasteiger partial charge in [0.05, 0.1) is 18.5 Å².